The van der Waals surface area contributed by atoms with E-state index in [1.807, 2.05) is 44.2 Å². The van der Waals surface area contributed by atoms with E-state index in [0.717, 1.165) is 5.56 Å². The SMILES string of the molecule is CC(C)(C(=O)Nc1cnc(-n2cccn2)nc1O)c1ccccc1. The fraction of sp³-hybridized carbons (Fsp3) is 0.176. The molecular formula is C17H17N5O2. The van der Waals surface area contributed by atoms with Gasteiger partial charge in [0, 0.05) is 12.4 Å². The molecule has 24 heavy (non-hydrogen) atoms. The Hall–Kier alpha value is -3.22. The number of aromatic nitrogens is 4. The van der Waals surface area contributed by atoms with Gasteiger partial charge in [-0.25, -0.2) is 9.67 Å². The Morgan fingerprint density at radius 3 is 2.58 bits per heavy atom. The molecule has 0 atom stereocenters. The van der Waals surface area contributed by atoms with E-state index >= 15 is 0 Å². The molecule has 7 nitrogen and oxygen atoms in total. The Morgan fingerprint density at radius 1 is 1.21 bits per heavy atom. The van der Waals surface area contributed by atoms with Crippen molar-refractivity contribution in [2.45, 2.75) is 19.3 Å². The summed E-state index contributed by atoms with van der Waals surface area (Å²) in [6.07, 6.45) is 4.60. The van der Waals surface area contributed by atoms with Crippen LogP contribution in [0.25, 0.3) is 5.95 Å². The summed E-state index contributed by atoms with van der Waals surface area (Å²) in [7, 11) is 0. The molecule has 0 aliphatic carbocycles. The van der Waals surface area contributed by atoms with Crippen LogP contribution < -0.4 is 5.32 Å². The monoisotopic (exact) mass is 323 g/mol. The van der Waals surface area contributed by atoms with Crippen molar-refractivity contribution in [3.63, 3.8) is 0 Å². The highest BCUT2D eigenvalue weighted by molar-refractivity contribution is 5.99. The predicted octanol–water partition coefficient (Wildman–Crippen LogP) is 2.28. The molecule has 3 rings (SSSR count). The summed E-state index contributed by atoms with van der Waals surface area (Å²) in [5.41, 5.74) is 0.255. The molecule has 0 aliphatic heterocycles. The van der Waals surface area contributed by atoms with Gasteiger partial charge in [-0.15, -0.1) is 0 Å². The normalized spacial score (nSPS) is 11.2. The van der Waals surface area contributed by atoms with Gasteiger partial charge in [0.05, 0.1) is 11.6 Å². The van der Waals surface area contributed by atoms with Crippen LogP contribution in [-0.4, -0.2) is 30.8 Å². The third-order valence-electron chi connectivity index (χ3n) is 3.78. The van der Waals surface area contributed by atoms with Gasteiger partial charge in [-0.05, 0) is 25.5 Å². The van der Waals surface area contributed by atoms with Crippen molar-refractivity contribution < 1.29 is 9.90 Å². The highest BCUT2D eigenvalue weighted by Gasteiger charge is 2.30. The fourth-order valence-corrected chi connectivity index (χ4v) is 2.21. The van der Waals surface area contributed by atoms with Crippen molar-refractivity contribution in [2.75, 3.05) is 5.32 Å². The number of rotatable bonds is 4. The number of nitrogens with one attached hydrogen (secondary N) is 1. The average molecular weight is 323 g/mol. The molecule has 0 bridgehead atoms. The Morgan fingerprint density at radius 2 is 1.96 bits per heavy atom. The molecule has 0 fully saturated rings. The molecular weight excluding hydrogens is 306 g/mol. The van der Waals surface area contributed by atoms with E-state index in [0.29, 0.717) is 0 Å². The van der Waals surface area contributed by atoms with Gasteiger partial charge in [0.2, 0.25) is 11.8 Å². The van der Waals surface area contributed by atoms with Gasteiger partial charge in [-0.3, -0.25) is 4.79 Å². The summed E-state index contributed by atoms with van der Waals surface area (Å²) in [5.74, 6) is -0.357. The maximum absolute atomic E-state index is 12.6. The first-order valence-corrected chi connectivity index (χ1v) is 7.41. The summed E-state index contributed by atoms with van der Waals surface area (Å²) < 4.78 is 1.42. The Balaban J connectivity index is 1.82. The summed E-state index contributed by atoms with van der Waals surface area (Å²) in [5, 5.41) is 16.7. The smallest absolute Gasteiger partial charge is 0.253 e. The zero-order chi connectivity index (χ0) is 17.2. The highest BCUT2D eigenvalue weighted by Crippen LogP contribution is 2.27. The minimum Gasteiger partial charge on any atom is -0.492 e. The van der Waals surface area contributed by atoms with Crippen LogP contribution in [0.4, 0.5) is 5.69 Å². The summed E-state index contributed by atoms with van der Waals surface area (Å²) in [6.45, 7) is 3.63. The molecule has 1 amide bonds. The third kappa shape index (κ3) is 2.96. The molecule has 0 aliphatic rings. The van der Waals surface area contributed by atoms with Gasteiger partial charge in [0.15, 0.2) is 0 Å². The van der Waals surface area contributed by atoms with Crippen LogP contribution in [0.5, 0.6) is 5.88 Å². The number of hydrogen-bond donors (Lipinski definition) is 2. The number of hydrogen-bond acceptors (Lipinski definition) is 5. The van der Waals surface area contributed by atoms with Gasteiger partial charge in [0.1, 0.15) is 5.69 Å². The molecule has 2 N–H and O–H groups in total. The zero-order valence-electron chi connectivity index (χ0n) is 13.3. The molecule has 3 aromatic rings. The molecule has 0 radical (unpaired) electrons. The number of carbonyl (C=O) groups excluding carboxylic acids is 1. The quantitative estimate of drug-likeness (QED) is 0.768. The number of amides is 1. The van der Waals surface area contributed by atoms with Gasteiger partial charge in [0.25, 0.3) is 5.95 Å². The standard InChI is InChI=1S/C17H17N5O2/c1-17(2,12-7-4-3-5-8-12)15(24)20-13-11-18-16(21-14(13)23)22-10-6-9-19-22/h3-11H,1-2H3,(H,20,24)(H,18,21,23). The minimum atomic E-state index is -0.769. The van der Waals surface area contributed by atoms with Gasteiger partial charge < -0.3 is 10.4 Å². The maximum Gasteiger partial charge on any atom is 0.253 e. The Labute approximate surface area is 139 Å². The molecule has 0 unspecified atom stereocenters. The van der Waals surface area contributed by atoms with Gasteiger partial charge >= 0.3 is 0 Å². The number of benzene rings is 1. The topological polar surface area (TPSA) is 92.9 Å². The summed E-state index contributed by atoms with van der Waals surface area (Å²) in [6, 6.07) is 11.1. The summed E-state index contributed by atoms with van der Waals surface area (Å²) >= 11 is 0. The molecule has 2 heterocycles. The van der Waals surface area contributed by atoms with Crippen LogP contribution in [0, 0.1) is 0 Å². The van der Waals surface area contributed by atoms with Crippen LogP contribution in [0.2, 0.25) is 0 Å². The van der Waals surface area contributed by atoms with Crippen molar-refractivity contribution in [3.8, 4) is 11.8 Å². The van der Waals surface area contributed by atoms with Gasteiger partial charge in [-0.1, -0.05) is 30.3 Å². The first-order chi connectivity index (χ1) is 11.5. The maximum atomic E-state index is 12.6. The lowest BCUT2D eigenvalue weighted by atomic mass is 9.84. The van der Waals surface area contributed by atoms with E-state index in [-0.39, 0.29) is 23.4 Å². The molecule has 122 valence electrons. The highest BCUT2D eigenvalue weighted by atomic mass is 16.3. The van der Waals surface area contributed by atoms with Crippen molar-refractivity contribution in [1.82, 2.24) is 19.7 Å². The van der Waals surface area contributed by atoms with Crippen molar-refractivity contribution >= 4 is 11.6 Å². The molecule has 0 saturated carbocycles. The Bertz CT molecular complexity index is 845. The average Bonchev–Trinajstić information content (AvgIpc) is 3.12. The van der Waals surface area contributed by atoms with Crippen molar-refractivity contribution in [3.05, 3.63) is 60.6 Å². The van der Waals surface area contributed by atoms with Crippen LogP contribution in [0.3, 0.4) is 0 Å². The molecule has 2 aromatic heterocycles. The van der Waals surface area contributed by atoms with Gasteiger partial charge in [-0.2, -0.15) is 10.1 Å². The minimum absolute atomic E-state index is 0.153. The molecule has 0 spiro atoms. The predicted molar refractivity (Wildman–Crippen MR) is 88.9 cm³/mol. The van der Waals surface area contributed by atoms with E-state index < -0.39 is 5.41 Å². The number of carbonyl (C=O) groups is 1. The second-order valence-corrected chi connectivity index (χ2v) is 5.80. The van der Waals surface area contributed by atoms with Crippen LogP contribution in [0.1, 0.15) is 19.4 Å². The lowest BCUT2D eigenvalue weighted by molar-refractivity contribution is -0.120. The van der Waals surface area contributed by atoms with Crippen molar-refractivity contribution in [1.29, 1.82) is 0 Å². The lowest BCUT2D eigenvalue weighted by Gasteiger charge is -2.24. The number of anilines is 1. The largest absolute Gasteiger partial charge is 0.492 e. The first-order valence-electron chi connectivity index (χ1n) is 7.41. The fourth-order valence-electron chi connectivity index (χ4n) is 2.21. The Kier molecular flexibility index (Phi) is 3.99. The van der Waals surface area contributed by atoms with Crippen molar-refractivity contribution in [2.24, 2.45) is 0 Å². The summed E-state index contributed by atoms with van der Waals surface area (Å²) in [4.78, 5) is 20.7. The third-order valence-corrected chi connectivity index (χ3v) is 3.78. The number of aromatic hydroxyl groups is 1. The molecule has 1 aromatic carbocycles. The van der Waals surface area contributed by atoms with E-state index in [4.69, 9.17) is 0 Å². The number of nitrogens with zero attached hydrogens (tertiary/aromatic N) is 4. The second-order valence-electron chi connectivity index (χ2n) is 5.80. The first kappa shape index (κ1) is 15.7. The van der Waals surface area contributed by atoms with Crippen LogP contribution in [0.15, 0.2) is 55.0 Å². The molecule has 7 heteroatoms. The lowest BCUT2D eigenvalue weighted by Crippen LogP contribution is -2.34. The van der Waals surface area contributed by atoms with Crippen LogP contribution >= 0.6 is 0 Å². The van der Waals surface area contributed by atoms with E-state index in [1.165, 1.54) is 10.9 Å². The van der Waals surface area contributed by atoms with E-state index in [1.54, 1.807) is 18.5 Å². The zero-order valence-corrected chi connectivity index (χ0v) is 13.3. The second kappa shape index (κ2) is 6.11. The molecule has 0 saturated heterocycles. The van der Waals surface area contributed by atoms with E-state index in [2.05, 4.69) is 20.4 Å². The van der Waals surface area contributed by atoms with Crippen LogP contribution in [-0.2, 0) is 10.2 Å². The van der Waals surface area contributed by atoms with E-state index in [9.17, 15) is 9.90 Å².